The van der Waals surface area contributed by atoms with E-state index in [4.69, 9.17) is 23.7 Å². The molecule has 13 nitrogen and oxygen atoms in total. The fourth-order valence-corrected chi connectivity index (χ4v) is 5.36. The molecule has 252 valence electrons. The molecule has 0 radical (unpaired) electrons. The number of ether oxygens (including phenoxy) is 5. The third-order valence-electron chi connectivity index (χ3n) is 6.95. The van der Waals surface area contributed by atoms with E-state index in [1.54, 1.807) is 56.3 Å². The number of amides is 2. The normalized spacial score (nSPS) is 14.8. The van der Waals surface area contributed by atoms with Crippen molar-refractivity contribution in [3.63, 3.8) is 0 Å². The van der Waals surface area contributed by atoms with Gasteiger partial charge in [-0.05, 0) is 78.2 Å². The number of esters is 1. The SMILES string of the molecule is CCOc1cc([C@@H]2NC(=O)NC(C)=C2C(=O)OC)ccc1OC[C@H](O)N/N=C\c1cc(Br)c(OCc2ccccc2C#N)c(OCC)c1. The number of allylic oxidation sites excluding steroid dienone is 1. The lowest BCUT2D eigenvalue weighted by Crippen LogP contribution is -2.45. The number of aliphatic hydroxyl groups is 1. The van der Waals surface area contributed by atoms with Crippen LogP contribution in [-0.2, 0) is 16.1 Å². The number of aliphatic hydroxyl groups excluding tert-OH is 1. The molecule has 0 spiro atoms. The monoisotopic (exact) mass is 721 g/mol. The van der Waals surface area contributed by atoms with Crippen molar-refractivity contribution in [2.45, 2.75) is 39.6 Å². The first-order chi connectivity index (χ1) is 23.2. The van der Waals surface area contributed by atoms with Gasteiger partial charge in [0.15, 0.2) is 29.2 Å². The Kier molecular flexibility index (Phi) is 12.6. The lowest BCUT2D eigenvalue weighted by molar-refractivity contribution is -0.136. The third kappa shape index (κ3) is 8.96. The van der Waals surface area contributed by atoms with E-state index in [9.17, 15) is 20.0 Å². The fraction of sp³-hybridized carbons (Fsp3) is 0.294. The van der Waals surface area contributed by atoms with E-state index in [2.05, 4.69) is 43.2 Å². The molecule has 1 heterocycles. The summed E-state index contributed by atoms with van der Waals surface area (Å²) in [7, 11) is 1.27. The van der Waals surface area contributed by atoms with E-state index >= 15 is 0 Å². The van der Waals surface area contributed by atoms with Crippen molar-refractivity contribution in [1.82, 2.24) is 16.1 Å². The summed E-state index contributed by atoms with van der Waals surface area (Å²) in [5.41, 5.74) is 5.78. The average molecular weight is 723 g/mol. The fourth-order valence-electron chi connectivity index (χ4n) is 4.79. The first kappa shape index (κ1) is 35.6. The summed E-state index contributed by atoms with van der Waals surface area (Å²) in [6, 6.07) is 16.6. The van der Waals surface area contributed by atoms with Crippen molar-refractivity contribution in [2.24, 2.45) is 5.10 Å². The molecule has 0 fully saturated rings. The lowest BCUT2D eigenvalue weighted by atomic mass is 9.95. The quantitative estimate of drug-likeness (QED) is 0.0738. The Balaban J connectivity index is 1.41. The van der Waals surface area contributed by atoms with Gasteiger partial charge in [0.25, 0.3) is 0 Å². The van der Waals surface area contributed by atoms with Gasteiger partial charge in [0.1, 0.15) is 13.2 Å². The predicted octanol–water partition coefficient (Wildman–Crippen LogP) is 4.82. The van der Waals surface area contributed by atoms with Gasteiger partial charge in [-0.3, -0.25) is 5.43 Å². The standard InChI is InChI=1S/C34H36BrN5O8/c1-5-45-27-15-22(31-30(33(42)44-4)20(3)38-34(43)39-31)11-12-26(27)47-19-29(41)40-37-17-21-13-25(35)32(28(14-21)46-6-2)48-18-24-10-8-7-9-23(24)16-36/h7-15,17,29,31,40-41H,5-6,18-19H2,1-4H3,(H2,38,39,43)/b37-17-/t29-,31-/m0/s1. The molecule has 0 bridgehead atoms. The minimum Gasteiger partial charge on any atom is -0.490 e. The highest BCUT2D eigenvalue weighted by Crippen LogP contribution is 2.38. The number of nitrogens with one attached hydrogen (secondary N) is 3. The van der Waals surface area contributed by atoms with E-state index in [0.29, 0.717) is 63.1 Å². The van der Waals surface area contributed by atoms with E-state index in [1.807, 2.05) is 19.1 Å². The van der Waals surface area contributed by atoms with Crippen molar-refractivity contribution in [3.05, 3.63) is 92.6 Å². The van der Waals surface area contributed by atoms with Crippen LogP contribution in [-0.4, -0.2) is 56.5 Å². The van der Waals surface area contributed by atoms with Crippen LogP contribution in [0.25, 0.3) is 0 Å². The number of rotatable bonds is 15. The summed E-state index contributed by atoms with van der Waals surface area (Å²) >= 11 is 3.54. The van der Waals surface area contributed by atoms with Crippen molar-refractivity contribution in [3.8, 4) is 29.1 Å². The Hall–Kier alpha value is -5.26. The second-order valence-electron chi connectivity index (χ2n) is 10.2. The maximum Gasteiger partial charge on any atom is 0.337 e. The minimum atomic E-state index is -1.19. The molecule has 1 aliphatic rings. The smallest absolute Gasteiger partial charge is 0.337 e. The van der Waals surface area contributed by atoms with Crippen LogP contribution in [0.1, 0.15) is 49.1 Å². The number of benzene rings is 3. The Labute approximate surface area is 286 Å². The van der Waals surface area contributed by atoms with Gasteiger partial charge in [-0.2, -0.15) is 10.4 Å². The lowest BCUT2D eigenvalue weighted by Gasteiger charge is -2.28. The number of halogens is 1. The van der Waals surface area contributed by atoms with Gasteiger partial charge in [-0.25, -0.2) is 9.59 Å². The summed E-state index contributed by atoms with van der Waals surface area (Å²) in [5, 5.41) is 29.4. The van der Waals surface area contributed by atoms with Crippen LogP contribution >= 0.6 is 15.9 Å². The van der Waals surface area contributed by atoms with Crippen LogP contribution in [0.4, 0.5) is 4.79 Å². The molecule has 48 heavy (non-hydrogen) atoms. The molecule has 14 heteroatoms. The molecule has 0 saturated heterocycles. The van der Waals surface area contributed by atoms with Crippen LogP contribution in [0.15, 0.2) is 75.4 Å². The number of nitriles is 1. The number of methoxy groups -OCH3 is 1. The molecule has 0 aliphatic carbocycles. The summed E-state index contributed by atoms with van der Waals surface area (Å²) in [4.78, 5) is 24.7. The average Bonchev–Trinajstić information content (AvgIpc) is 3.07. The Morgan fingerprint density at radius 2 is 1.83 bits per heavy atom. The molecule has 1 aliphatic heterocycles. The summed E-state index contributed by atoms with van der Waals surface area (Å²) in [5.74, 6) is 1.07. The van der Waals surface area contributed by atoms with Crippen molar-refractivity contribution in [2.75, 3.05) is 26.9 Å². The van der Waals surface area contributed by atoms with Crippen LogP contribution < -0.4 is 35.0 Å². The van der Waals surface area contributed by atoms with Gasteiger partial charge in [-0.15, -0.1) is 0 Å². The van der Waals surface area contributed by atoms with Crippen molar-refractivity contribution < 1.29 is 38.4 Å². The minimum absolute atomic E-state index is 0.178. The molecule has 3 aromatic carbocycles. The summed E-state index contributed by atoms with van der Waals surface area (Å²) in [6.45, 7) is 5.99. The molecule has 3 aromatic rings. The van der Waals surface area contributed by atoms with Gasteiger partial charge in [-0.1, -0.05) is 24.3 Å². The molecular weight excluding hydrogens is 686 g/mol. The van der Waals surface area contributed by atoms with Crippen molar-refractivity contribution in [1.29, 1.82) is 5.26 Å². The first-order valence-electron chi connectivity index (χ1n) is 15.0. The summed E-state index contributed by atoms with van der Waals surface area (Å²) in [6.07, 6.45) is 0.321. The number of hydrazone groups is 1. The zero-order valence-electron chi connectivity index (χ0n) is 26.8. The Morgan fingerprint density at radius 1 is 1.08 bits per heavy atom. The molecule has 0 saturated carbocycles. The summed E-state index contributed by atoms with van der Waals surface area (Å²) < 4.78 is 28.9. The van der Waals surface area contributed by atoms with Crippen LogP contribution in [0, 0.1) is 11.3 Å². The maximum atomic E-state index is 12.5. The molecular formula is C34H36BrN5O8. The number of urea groups is 1. The maximum absolute atomic E-state index is 12.5. The van der Waals surface area contributed by atoms with E-state index in [1.165, 1.54) is 13.3 Å². The molecule has 0 aromatic heterocycles. The second-order valence-corrected chi connectivity index (χ2v) is 11.1. The highest BCUT2D eigenvalue weighted by Gasteiger charge is 2.32. The van der Waals surface area contributed by atoms with E-state index < -0.39 is 24.3 Å². The number of carbonyl (C=O) groups is 2. The number of hydrogen-bond donors (Lipinski definition) is 4. The zero-order chi connectivity index (χ0) is 34.6. The van der Waals surface area contributed by atoms with Gasteiger partial charge in [0.05, 0.1) is 54.3 Å². The Bertz CT molecular complexity index is 1740. The Morgan fingerprint density at radius 3 is 2.56 bits per heavy atom. The van der Waals surface area contributed by atoms with E-state index in [0.717, 1.165) is 5.56 Å². The zero-order valence-corrected chi connectivity index (χ0v) is 28.4. The van der Waals surface area contributed by atoms with Gasteiger partial charge >= 0.3 is 12.0 Å². The highest BCUT2D eigenvalue weighted by molar-refractivity contribution is 9.10. The third-order valence-corrected chi connectivity index (χ3v) is 7.54. The molecule has 0 unspecified atom stereocenters. The number of hydrogen-bond acceptors (Lipinski definition) is 11. The van der Waals surface area contributed by atoms with Crippen LogP contribution in [0.3, 0.4) is 0 Å². The predicted molar refractivity (Wildman–Crippen MR) is 180 cm³/mol. The first-order valence-corrected chi connectivity index (χ1v) is 15.8. The molecule has 2 amide bonds. The van der Waals surface area contributed by atoms with Gasteiger partial charge in [0.2, 0.25) is 0 Å². The van der Waals surface area contributed by atoms with Gasteiger partial charge in [0, 0.05) is 11.3 Å². The van der Waals surface area contributed by atoms with Gasteiger partial charge < -0.3 is 39.4 Å². The molecule has 4 rings (SSSR count). The molecule has 2 atom stereocenters. The highest BCUT2D eigenvalue weighted by atomic mass is 79.9. The topological polar surface area (TPSA) is 173 Å². The largest absolute Gasteiger partial charge is 0.490 e. The van der Waals surface area contributed by atoms with Crippen LogP contribution in [0.2, 0.25) is 0 Å². The van der Waals surface area contributed by atoms with Crippen LogP contribution in [0.5, 0.6) is 23.0 Å². The van der Waals surface area contributed by atoms with E-state index in [-0.39, 0.29) is 18.8 Å². The number of nitrogens with zero attached hydrogens (tertiary/aromatic N) is 2. The molecule has 4 N–H and O–H groups in total. The number of carbonyl (C=O) groups excluding carboxylic acids is 2. The second kappa shape index (κ2) is 17.1. The van der Waals surface area contributed by atoms with Crippen molar-refractivity contribution >= 4 is 34.1 Å².